The molecule has 90 valence electrons. The minimum atomic E-state index is -0.179. The summed E-state index contributed by atoms with van der Waals surface area (Å²) in [7, 11) is 0. The Morgan fingerprint density at radius 3 is 2.69 bits per heavy atom. The lowest BCUT2D eigenvalue weighted by atomic mass is 9.92. The summed E-state index contributed by atoms with van der Waals surface area (Å²) in [4.78, 5) is 0. The summed E-state index contributed by atoms with van der Waals surface area (Å²) in [6, 6.07) is 5.27. The van der Waals surface area contributed by atoms with Gasteiger partial charge >= 0.3 is 0 Å². The maximum atomic E-state index is 13.8. The smallest absolute Gasteiger partial charge is 0.130 e. The topological polar surface area (TPSA) is 26.0 Å². The van der Waals surface area contributed by atoms with Crippen molar-refractivity contribution in [3.05, 3.63) is 35.1 Å². The lowest BCUT2D eigenvalue weighted by molar-refractivity contribution is 0.431. The van der Waals surface area contributed by atoms with Crippen molar-refractivity contribution < 1.29 is 4.39 Å². The van der Waals surface area contributed by atoms with Gasteiger partial charge < -0.3 is 5.73 Å². The number of hydrogen-bond acceptors (Lipinski definition) is 1. The second-order valence-electron chi connectivity index (χ2n) is 4.71. The Morgan fingerprint density at radius 2 is 2.06 bits per heavy atom. The molecule has 0 saturated heterocycles. The first-order valence-electron chi connectivity index (χ1n) is 6.06. The maximum absolute atomic E-state index is 13.8. The van der Waals surface area contributed by atoms with Crippen LogP contribution >= 0.6 is 0 Å². The van der Waals surface area contributed by atoms with Crippen LogP contribution in [0.15, 0.2) is 18.2 Å². The van der Waals surface area contributed by atoms with E-state index in [1.807, 2.05) is 6.07 Å². The van der Waals surface area contributed by atoms with Crippen LogP contribution in [0.1, 0.15) is 50.3 Å². The van der Waals surface area contributed by atoms with Gasteiger partial charge in [-0.05, 0) is 24.8 Å². The summed E-state index contributed by atoms with van der Waals surface area (Å²) in [5, 5.41) is 0. The van der Waals surface area contributed by atoms with Crippen LogP contribution < -0.4 is 5.73 Å². The largest absolute Gasteiger partial charge is 0.324 e. The van der Waals surface area contributed by atoms with Crippen molar-refractivity contribution in [2.75, 3.05) is 0 Å². The fourth-order valence-electron chi connectivity index (χ4n) is 2.13. The van der Waals surface area contributed by atoms with E-state index in [-0.39, 0.29) is 11.9 Å². The molecular formula is C14H22FN. The highest BCUT2D eigenvalue weighted by Gasteiger charge is 2.15. The van der Waals surface area contributed by atoms with Gasteiger partial charge in [-0.2, -0.15) is 0 Å². The summed E-state index contributed by atoms with van der Waals surface area (Å²) in [5.41, 5.74) is 7.39. The van der Waals surface area contributed by atoms with Gasteiger partial charge in [-0.1, -0.05) is 44.9 Å². The molecule has 0 fully saturated rings. The maximum Gasteiger partial charge on any atom is 0.130 e. The molecule has 0 bridgehead atoms. The lowest BCUT2D eigenvalue weighted by Gasteiger charge is -2.18. The third kappa shape index (κ3) is 3.31. The molecule has 0 aromatic heterocycles. The highest BCUT2D eigenvalue weighted by atomic mass is 19.1. The van der Waals surface area contributed by atoms with Crippen LogP contribution in [-0.4, -0.2) is 0 Å². The molecule has 1 aromatic carbocycles. The SMILES string of the molecule is CCCC(C)CC(N)c1cccc(C)c1F. The van der Waals surface area contributed by atoms with Gasteiger partial charge in [0, 0.05) is 11.6 Å². The highest BCUT2D eigenvalue weighted by Crippen LogP contribution is 2.25. The Balaban J connectivity index is 2.72. The highest BCUT2D eigenvalue weighted by molar-refractivity contribution is 5.27. The lowest BCUT2D eigenvalue weighted by Crippen LogP contribution is -2.16. The summed E-state index contributed by atoms with van der Waals surface area (Å²) >= 11 is 0. The molecule has 0 aliphatic carbocycles. The number of halogens is 1. The Kier molecular flexibility index (Phi) is 4.94. The second kappa shape index (κ2) is 6.00. The molecular weight excluding hydrogens is 201 g/mol. The molecule has 2 atom stereocenters. The molecule has 0 spiro atoms. The van der Waals surface area contributed by atoms with Crippen molar-refractivity contribution in [2.45, 2.75) is 46.1 Å². The van der Waals surface area contributed by atoms with Crippen molar-refractivity contribution in [3.63, 3.8) is 0 Å². The standard InChI is InChI=1S/C14H22FN/c1-4-6-10(2)9-13(16)12-8-5-7-11(3)14(12)15/h5,7-8,10,13H,4,6,9,16H2,1-3H3. The Hall–Kier alpha value is -0.890. The van der Waals surface area contributed by atoms with E-state index in [9.17, 15) is 4.39 Å². The number of hydrogen-bond donors (Lipinski definition) is 1. The Morgan fingerprint density at radius 1 is 1.38 bits per heavy atom. The van der Waals surface area contributed by atoms with Crippen molar-refractivity contribution >= 4 is 0 Å². The quantitative estimate of drug-likeness (QED) is 0.803. The number of nitrogens with two attached hydrogens (primary N) is 1. The van der Waals surface area contributed by atoms with Crippen LogP contribution in [0, 0.1) is 18.7 Å². The Bertz CT molecular complexity index is 336. The molecule has 0 saturated carbocycles. The van der Waals surface area contributed by atoms with Crippen molar-refractivity contribution in [1.29, 1.82) is 0 Å². The van der Waals surface area contributed by atoms with E-state index in [4.69, 9.17) is 5.73 Å². The molecule has 0 amide bonds. The van der Waals surface area contributed by atoms with Crippen molar-refractivity contribution in [2.24, 2.45) is 11.7 Å². The van der Waals surface area contributed by atoms with Crippen molar-refractivity contribution in [1.82, 2.24) is 0 Å². The van der Waals surface area contributed by atoms with Gasteiger partial charge in [0.15, 0.2) is 0 Å². The fourth-order valence-corrected chi connectivity index (χ4v) is 2.13. The number of aryl methyl sites for hydroxylation is 1. The number of rotatable bonds is 5. The predicted molar refractivity (Wildman–Crippen MR) is 66.8 cm³/mol. The first-order chi connectivity index (χ1) is 7.56. The Labute approximate surface area is 97.9 Å². The van der Waals surface area contributed by atoms with E-state index in [1.54, 1.807) is 19.1 Å². The zero-order valence-electron chi connectivity index (χ0n) is 10.5. The average molecular weight is 223 g/mol. The third-order valence-electron chi connectivity index (χ3n) is 3.06. The third-order valence-corrected chi connectivity index (χ3v) is 3.06. The van der Waals surface area contributed by atoms with Crippen LogP contribution in [0.2, 0.25) is 0 Å². The van der Waals surface area contributed by atoms with Crippen LogP contribution in [-0.2, 0) is 0 Å². The molecule has 16 heavy (non-hydrogen) atoms. The number of benzene rings is 1. The monoisotopic (exact) mass is 223 g/mol. The van der Waals surface area contributed by atoms with Gasteiger partial charge in [0.05, 0.1) is 0 Å². The van der Waals surface area contributed by atoms with E-state index in [1.165, 1.54) is 0 Å². The summed E-state index contributed by atoms with van der Waals surface area (Å²) in [6.45, 7) is 6.12. The zero-order chi connectivity index (χ0) is 12.1. The second-order valence-corrected chi connectivity index (χ2v) is 4.71. The minimum absolute atomic E-state index is 0.140. The van der Waals surface area contributed by atoms with Gasteiger partial charge in [-0.15, -0.1) is 0 Å². The van der Waals surface area contributed by atoms with Crippen LogP contribution in [0.3, 0.4) is 0 Å². The molecule has 2 heteroatoms. The van der Waals surface area contributed by atoms with Crippen LogP contribution in [0.25, 0.3) is 0 Å². The predicted octanol–water partition coefficient (Wildman–Crippen LogP) is 3.96. The van der Waals surface area contributed by atoms with Gasteiger partial charge in [-0.25, -0.2) is 4.39 Å². The zero-order valence-corrected chi connectivity index (χ0v) is 10.5. The summed E-state index contributed by atoms with van der Waals surface area (Å²) < 4.78 is 13.8. The van der Waals surface area contributed by atoms with E-state index >= 15 is 0 Å². The van der Waals surface area contributed by atoms with Crippen LogP contribution in [0.5, 0.6) is 0 Å². The van der Waals surface area contributed by atoms with Gasteiger partial charge in [0.2, 0.25) is 0 Å². The van der Waals surface area contributed by atoms with E-state index in [0.29, 0.717) is 17.0 Å². The van der Waals surface area contributed by atoms with Gasteiger partial charge in [0.25, 0.3) is 0 Å². The molecule has 2 N–H and O–H groups in total. The fraction of sp³-hybridized carbons (Fsp3) is 0.571. The first-order valence-corrected chi connectivity index (χ1v) is 6.06. The minimum Gasteiger partial charge on any atom is -0.324 e. The van der Waals surface area contributed by atoms with Crippen molar-refractivity contribution in [3.8, 4) is 0 Å². The van der Waals surface area contributed by atoms with E-state index in [2.05, 4.69) is 13.8 Å². The molecule has 0 aliphatic heterocycles. The van der Waals surface area contributed by atoms with Gasteiger partial charge in [-0.3, -0.25) is 0 Å². The summed E-state index contributed by atoms with van der Waals surface area (Å²) in [5.74, 6) is 0.415. The molecule has 2 unspecified atom stereocenters. The molecule has 0 radical (unpaired) electrons. The molecule has 1 nitrogen and oxygen atoms in total. The van der Waals surface area contributed by atoms with Crippen LogP contribution in [0.4, 0.5) is 4.39 Å². The van der Waals surface area contributed by atoms with Gasteiger partial charge in [0.1, 0.15) is 5.82 Å². The molecule has 1 aromatic rings. The molecule has 0 aliphatic rings. The molecule has 1 rings (SSSR count). The normalized spacial score (nSPS) is 14.8. The molecule has 0 heterocycles. The summed E-state index contributed by atoms with van der Waals surface area (Å²) in [6.07, 6.45) is 3.17. The van der Waals surface area contributed by atoms with E-state index < -0.39 is 0 Å². The average Bonchev–Trinajstić information content (AvgIpc) is 2.22. The van der Waals surface area contributed by atoms with E-state index in [0.717, 1.165) is 19.3 Å². The first kappa shape index (κ1) is 13.2.